The average Bonchev–Trinajstić information content (AvgIpc) is 3.58. The lowest BCUT2D eigenvalue weighted by atomic mass is 9.93. The van der Waals surface area contributed by atoms with E-state index in [9.17, 15) is 9.59 Å². The molecule has 1 saturated carbocycles. The molecule has 2 amide bonds. The molecule has 2 aliphatic heterocycles. The molecule has 0 radical (unpaired) electrons. The van der Waals surface area contributed by atoms with Crippen LogP contribution in [0.4, 0.5) is 0 Å². The Kier molecular flexibility index (Phi) is 6.22. The Morgan fingerprint density at radius 2 is 1.68 bits per heavy atom. The van der Waals surface area contributed by atoms with Crippen molar-refractivity contribution in [3.63, 3.8) is 0 Å². The molecule has 1 aliphatic carbocycles. The minimum Gasteiger partial charge on any atom is -0.352 e. The Bertz CT molecular complexity index is 696. The topological polar surface area (TPSA) is 52.7 Å². The van der Waals surface area contributed by atoms with Crippen molar-refractivity contribution in [2.45, 2.75) is 51.1 Å². The number of hydrogen-bond donors (Lipinski definition) is 1. The third-order valence-electron chi connectivity index (χ3n) is 6.42. The summed E-state index contributed by atoms with van der Waals surface area (Å²) < 4.78 is 0. The quantitative estimate of drug-likeness (QED) is 0.822. The summed E-state index contributed by atoms with van der Waals surface area (Å²) in [7, 11) is 0. The average molecular weight is 404 g/mol. The van der Waals surface area contributed by atoms with E-state index in [1.165, 1.54) is 0 Å². The molecule has 1 aromatic carbocycles. The molecule has 2 saturated heterocycles. The highest BCUT2D eigenvalue weighted by Crippen LogP contribution is 2.32. The molecule has 2 heterocycles. The highest BCUT2D eigenvalue weighted by atomic mass is 35.5. The molecule has 0 bridgehead atoms. The maximum absolute atomic E-state index is 12.7. The van der Waals surface area contributed by atoms with Crippen molar-refractivity contribution in [3.05, 3.63) is 34.9 Å². The first-order valence-electron chi connectivity index (χ1n) is 10.6. The fourth-order valence-corrected chi connectivity index (χ4v) is 4.65. The van der Waals surface area contributed by atoms with Gasteiger partial charge >= 0.3 is 0 Å². The number of likely N-dealkylation sites (tertiary alicyclic amines) is 2. The van der Waals surface area contributed by atoms with Crippen LogP contribution in [0.15, 0.2) is 24.3 Å². The molecule has 1 aromatic rings. The smallest absolute Gasteiger partial charge is 0.225 e. The standard InChI is InChI=1S/C22H30ClN3O2/c23-19-7-3-16(4-8-19)14-24-21(27)18-2-1-11-26(15-18)20-9-12-25(13-10-20)22(28)17-5-6-17/h3-4,7-8,17-18,20H,1-2,5-6,9-15H2,(H,24,27)/t18-/m1/s1. The second-order valence-electron chi connectivity index (χ2n) is 8.51. The minimum absolute atomic E-state index is 0.0622. The number of hydrogen-bond acceptors (Lipinski definition) is 3. The van der Waals surface area contributed by atoms with E-state index < -0.39 is 0 Å². The first kappa shape index (κ1) is 19.7. The SMILES string of the molecule is O=C(NCc1ccc(Cl)cc1)[C@@H]1CCCN(C2CCN(C(=O)C3CC3)CC2)C1. The lowest BCUT2D eigenvalue weighted by Gasteiger charge is -2.42. The van der Waals surface area contributed by atoms with E-state index >= 15 is 0 Å². The van der Waals surface area contributed by atoms with Gasteiger partial charge in [0.05, 0.1) is 5.92 Å². The van der Waals surface area contributed by atoms with Crippen LogP contribution in [-0.4, -0.2) is 53.8 Å². The lowest BCUT2D eigenvalue weighted by Crippen LogP contribution is -2.51. The number of nitrogens with zero attached hydrogens (tertiary/aromatic N) is 2. The van der Waals surface area contributed by atoms with Crippen LogP contribution in [0, 0.1) is 11.8 Å². The highest BCUT2D eigenvalue weighted by Gasteiger charge is 2.37. The van der Waals surface area contributed by atoms with E-state index in [1.807, 2.05) is 24.3 Å². The van der Waals surface area contributed by atoms with E-state index in [2.05, 4.69) is 15.1 Å². The van der Waals surface area contributed by atoms with Crippen molar-refractivity contribution in [2.75, 3.05) is 26.2 Å². The maximum atomic E-state index is 12.7. The molecule has 0 spiro atoms. The molecule has 1 atom stereocenters. The molecule has 1 N–H and O–H groups in total. The third-order valence-corrected chi connectivity index (χ3v) is 6.67. The van der Waals surface area contributed by atoms with Gasteiger partial charge in [-0.2, -0.15) is 0 Å². The molecule has 4 rings (SSSR count). The van der Waals surface area contributed by atoms with E-state index in [4.69, 9.17) is 11.6 Å². The number of piperidine rings is 2. The maximum Gasteiger partial charge on any atom is 0.225 e. The van der Waals surface area contributed by atoms with Gasteiger partial charge in [0.2, 0.25) is 11.8 Å². The van der Waals surface area contributed by atoms with E-state index in [1.54, 1.807) is 0 Å². The Labute approximate surface area is 172 Å². The predicted molar refractivity (Wildman–Crippen MR) is 110 cm³/mol. The number of nitrogens with one attached hydrogen (secondary N) is 1. The first-order valence-corrected chi connectivity index (χ1v) is 11.0. The number of carbonyl (C=O) groups is 2. The van der Waals surface area contributed by atoms with Crippen LogP contribution >= 0.6 is 11.6 Å². The lowest BCUT2D eigenvalue weighted by molar-refractivity contribution is -0.134. The van der Waals surface area contributed by atoms with Crippen molar-refractivity contribution < 1.29 is 9.59 Å². The van der Waals surface area contributed by atoms with E-state index in [-0.39, 0.29) is 11.8 Å². The summed E-state index contributed by atoms with van der Waals surface area (Å²) in [6.07, 6.45) is 6.27. The first-order chi connectivity index (χ1) is 13.6. The fourth-order valence-electron chi connectivity index (χ4n) is 4.53. The molecule has 152 valence electrons. The van der Waals surface area contributed by atoms with E-state index in [0.717, 1.165) is 70.3 Å². The third kappa shape index (κ3) is 4.87. The predicted octanol–water partition coefficient (Wildman–Crippen LogP) is 3.07. The van der Waals surface area contributed by atoms with Crippen LogP contribution in [0.25, 0.3) is 0 Å². The largest absolute Gasteiger partial charge is 0.352 e. The van der Waals surface area contributed by atoms with Gasteiger partial charge in [-0.25, -0.2) is 0 Å². The summed E-state index contributed by atoms with van der Waals surface area (Å²) in [6.45, 7) is 4.22. The van der Waals surface area contributed by atoms with Crippen LogP contribution in [0.3, 0.4) is 0 Å². The Morgan fingerprint density at radius 3 is 2.36 bits per heavy atom. The molecular weight excluding hydrogens is 374 g/mol. The Hall–Kier alpha value is -1.59. The molecule has 3 fully saturated rings. The van der Waals surface area contributed by atoms with Gasteiger partial charge in [-0.15, -0.1) is 0 Å². The molecule has 6 heteroatoms. The molecule has 28 heavy (non-hydrogen) atoms. The van der Waals surface area contributed by atoms with Gasteiger partial charge in [-0.05, 0) is 62.8 Å². The second-order valence-corrected chi connectivity index (χ2v) is 8.95. The minimum atomic E-state index is 0.0622. The van der Waals surface area contributed by atoms with E-state index in [0.29, 0.717) is 29.4 Å². The van der Waals surface area contributed by atoms with Gasteiger partial charge in [-0.1, -0.05) is 23.7 Å². The summed E-state index contributed by atoms with van der Waals surface area (Å²) in [4.78, 5) is 29.5. The van der Waals surface area contributed by atoms with Gasteiger partial charge in [0, 0.05) is 43.2 Å². The fraction of sp³-hybridized carbons (Fsp3) is 0.636. The van der Waals surface area contributed by atoms with Crippen LogP contribution in [0.1, 0.15) is 44.1 Å². The summed E-state index contributed by atoms with van der Waals surface area (Å²) in [6, 6.07) is 8.12. The Morgan fingerprint density at radius 1 is 0.964 bits per heavy atom. The number of rotatable bonds is 5. The van der Waals surface area contributed by atoms with Gasteiger partial charge in [-0.3, -0.25) is 14.5 Å². The molecule has 5 nitrogen and oxygen atoms in total. The number of halogens is 1. The molecule has 0 unspecified atom stereocenters. The van der Waals surface area contributed by atoms with Crippen molar-refractivity contribution >= 4 is 23.4 Å². The number of amides is 2. The number of carbonyl (C=O) groups excluding carboxylic acids is 2. The van der Waals surface area contributed by atoms with Gasteiger partial charge < -0.3 is 10.2 Å². The normalized spacial score (nSPS) is 24.2. The highest BCUT2D eigenvalue weighted by molar-refractivity contribution is 6.30. The van der Waals surface area contributed by atoms with Crippen LogP contribution in [0.2, 0.25) is 5.02 Å². The van der Waals surface area contributed by atoms with Gasteiger partial charge in [0.1, 0.15) is 0 Å². The summed E-state index contributed by atoms with van der Waals surface area (Å²) >= 11 is 5.92. The Balaban J connectivity index is 1.24. The van der Waals surface area contributed by atoms with Crippen molar-refractivity contribution in [1.82, 2.24) is 15.1 Å². The summed E-state index contributed by atoms with van der Waals surface area (Å²) in [5.41, 5.74) is 1.07. The van der Waals surface area contributed by atoms with Crippen molar-refractivity contribution in [3.8, 4) is 0 Å². The zero-order chi connectivity index (χ0) is 19.5. The second kappa shape index (κ2) is 8.83. The monoisotopic (exact) mass is 403 g/mol. The van der Waals surface area contributed by atoms with Gasteiger partial charge in [0.15, 0.2) is 0 Å². The van der Waals surface area contributed by atoms with Crippen LogP contribution < -0.4 is 5.32 Å². The van der Waals surface area contributed by atoms with Gasteiger partial charge in [0.25, 0.3) is 0 Å². The van der Waals surface area contributed by atoms with Crippen LogP contribution in [0.5, 0.6) is 0 Å². The number of benzene rings is 1. The summed E-state index contributed by atoms with van der Waals surface area (Å²) in [5, 5.41) is 3.80. The zero-order valence-corrected chi connectivity index (χ0v) is 17.2. The van der Waals surface area contributed by atoms with Crippen LogP contribution in [-0.2, 0) is 16.1 Å². The van der Waals surface area contributed by atoms with Crippen molar-refractivity contribution in [2.24, 2.45) is 11.8 Å². The summed E-state index contributed by atoms with van der Waals surface area (Å²) in [5.74, 6) is 0.907. The zero-order valence-electron chi connectivity index (χ0n) is 16.4. The molecular formula is C22H30ClN3O2. The van der Waals surface area contributed by atoms with Crippen molar-refractivity contribution in [1.29, 1.82) is 0 Å². The molecule has 3 aliphatic rings. The molecule has 0 aromatic heterocycles.